The van der Waals surface area contributed by atoms with Crippen LogP contribution in [0.25, 0.3) is 0 Å². The predicted octanol–water partition coefficient (Wildman–Crippen LogP) is 1.47. The van der Waals surface area contributed by atoms with E-state index < -0.39 is 5.41 Å². The topological polar surface area (TPSA) is 62.1 Å². The quantitative estimate of drug-likeness (QED) is 0.814. The molecule has 1 aromatic carbocycles. The van der Waals surface area contributed by atoms with Gasteiger partial charge in [-0.2, -0.15) is 5.26 Å². The second kappa shape index (κ2) is 3.95. The fraction of sp³-hybridized carbons (Fsp3) is 0.333. The average Bonchev–Trinajstić information content (AvgIpc) is 2.21. The maximum Gasteiger partial charge on any atom is 0.249 e. The van der Waals surface area contributed by atoms with Gasteiger partial charge < -0.3 is 10.1 Å². The van der Waals surface area contributed by atoms with Gasteiger partial charge in [0, 0.05) is 5.69 Å². The predicted molar refractivity (Wildman–Crippen MR) is 58.7 cm³/mol. The molecule has 1 fully saturated rings. The van der Waals surface area contributed by atoms with E-state index in [1.165, 1.54) is 0 Å². The standard InChI is InChI=1S/C12H12N2O2/c1-9-4-2-3-5-10(9)14-11(15)12(6-13)7-16-8-12/h2-5H,7-8H2,1H3,(H,14,15). The van der Waals surface area contributed by atoms with Crippen LogP contribution in [0.15, 0.2) is 24.3 Å². The van der Waals surface area contributed by atoms with Crippen LogP contribution in [0.4, 0.5) is 5.69 Å². The van der Waals surface area contributed by atoms with Crippen LogP contribution in [0, 0.1) is 23.7 Å². The van der Waals surface area contributed by atoms with Crippen LogP contribution in [-0.2, 0) is 9.53 Å². The van der Waals surface area contributed by atoms with Crippen molar-refractivity contribution >= 4 is 11.6 Å². The van der Waals surface area contributed by atoms with E-state index in [-0.39, 0.29) is 19.1 Å². The molecule has 1 aromatic rings. The molecule has 0 spiro atoms. The van der Waals surface area contributed by atoms with E-state index in [1.54, 1.807) is 0 Å². The molecule has 16 heavy (non-hydrogen) atoms. The lowest BCUT2D eigenvalue weighted by molar-refractivity contribution is -0.144. The monoisotopic (exact) mass is 216 g/mol. The Morgan fingerprint density at radius 3 is 2.69 bits per heavy atom. The lowest BCUT2D eigenvalue weighted by Gasteiger charge is -2.33. The first-order valence-electron chi connectivity index (χ1n) is 5.04. The zero-order valence-electron chi connectivity index (χ0n) is 8.99. The Kier molecular flexibility index (Phi) is 2.63. The summed E-state index contributed by atoms with van der Waals surface area (Å²) in [6, 6.07) is 9.49. The average molecular weight is 216 g/mol. The Morgan fingerprint density at radius 2 is 2.19 bits per heavy atom. The Hall–Kier alpha value is -1.86. The van der Waals surface area contributed by atoms with E-state index in [1.807, 2.05) is 37.3 Å². The highest BCUT2D eigenvalue weighted by molar-refractivity contribution is 5.98. The molecule has 1 saturated heterocycles. The summed E-state index contributed by atoms with van der Waals surface area (Å²) in [6.07, 6.45) is 0. The van der Waals surface area contributed by atoms with E-state index in [0.717, 1.165) is 11.3 Å². The highest BCUT2D eigenvalue weighted by atomic mass is 16.5. The van der Waals surface area contributed by atoms with Gasteiger partial charge >= 0.3 is 0 Å². The van der Waals surface area contributed by atoms with E-state index in [9.17, 15) is 4.79 Å². The third kappa shape index (κ3) is 1.66. The Bertz CT molecular complexity index is 458. The van der Waals surface area contributed by atoms with E-state index in [2.05, 4.69) is 5.32 Å². The fourth-order valence-corrected chi connectivity index (χ4v) is 1.51. The number of anilines is 1. The van der Waals surface area contributed by atoms with Crippen molar-refractivity contribution in [3.63, 3.8) is 0 Å². The van der Waals surface area contributed by atoms with Gasteiger partial charge in [-0.3, -0.25) is 4.79 Å². The SMILES string of the molecule is Cc1ccccc1NC(=O)C1(C#N)COC1. The summed E-state index contributed by atoms with van der Waals surface area (Å²) >= 11 is 0. The van der Waals surface area contributed by atoms with Crippen molar-refractivity contribution in [3.05, 3.63) is 29.8 Å². The first-order valence-corrected chi connectivity index (χ1v) is 5.04. The third-order valence-corrected chi connectivity index (χ3v) is 2.74. The fourth-order valence-electron chi connectivity index (χ4n) is 1.51. The van der Waals surface area contributed by atoms with Crippen molar-refractivity contribution in [2.24, 2.45) is 5.41 Å². The molecule has 1 aliphatic heterocycles. The van der Waals surface area contributed by atoms with Gasteiger partial charge in [-0.15, -0.1) is 0 Å². The minimum absolute atomic E-state index is 0.182. The number of nitriles is 1. The molecule has 0 radical (unpaired) electrons. The molecule has 1 N–H and O–H groups in total. The summed E-state index contributed by atoms with van der Waals surface area (Å²) in [4.78, 5) is 11.9. The lowest BCUT2D eigenvalue weighted by Crippen LogP contribution is -2.50. The highest BCUT2D eigenvalue weighted by Crippen LogP contribution is 2.28. The van der Waals surface area contributed by atoms with Gasteiger partial charge in [-0.25, -0.2) is 0 Å². The summed E-state index contributed by atoms with van der Waals surface area (Å²) < 4.78 is 4.93. The Balaban J connectivity index is 2.14. The maximum absolute atomic E-state index is 11.9. The number of para-hydroxylation sites is 1. The lowest BCUT2D eigenvalue weighted by atomic mass is 9.86. The number of hydrogen-bond acceptors (Lipinski definition) is 3. The molecular formula is C12H12N2O2. The largest absolute Gasteiger partial charge is 0.377 e. The minimum atomic E-state index is -0.998. The third-order valence-electron chi connectivity index (χ3n) is 2.74. The summed E-state index contributed by atoms with van der Waals surface area (Å²) in [5, 5.41) is 11.7. The van der Waals surface area contributed by atoms with E-state index in [0.29, 0.717) is 0 Å². The number of amides is 1. The van der Waals surface area contributed by atoms with Crippen LogP contribution in [0.1, 0.15) is 5.56 Å². The summed E-state index contributed by atoms with van der Waals surface area (Å²) in [6.45, 7) is 2.27. The maximum atomic E-state index is 11.9. The number of hydrogen-bond donors (Lipinski definition) is 1. The van der Waals surface area contributed by atoms with Crippen LogP contribution >= 0.6 is 0 Å². The van der Waals surface area contributed by atoms with E-state index >= 15 is 0 Å². The van der Waals surface area contributed by atoms with Crippen molar-refractivity contribution in [1.29, 1.82) is 5.26 Å². The Morgan fingerprint density at radius 1 is 1.50 bits per heavy atom. The number of carbonyl (C=O) groups excluding carboxylic acids is 1. The number of ether oxygens (including phenoxy) is 1. The molecule has 1 heterocycles. The number of nitrogens with one attached hydrogen (secondary N) is 1. The van der Waals surface area contributed by atoms with Crippen LogP contribution in [0.5, 0.6) is 0 Å². The van der Waals surface area contributed by atoms with Crippen LogP contribution in [0.3, 0.4) is 0 Å². The number of rotatable bonds is 2. The summed E-state index contributed by atoms with van der Waals surface area (Å²) in [5.74, 6) is -0.282. The molecule has 0 aliphatic carbocycles. The first kappa shape index (κ1) is 10.7. The van der Waals surface area contributed by atoms with Crippen LogP contribution < -0.4 is 5.32 Å². The molecule has 0 aromatic heterocycles. The second-order valence-corrected chi connectivity index (χ2v) is 3.96. The Labute approximate surface area is 93.8 Å². The molecule has 2 rings (SSSR count). The normalized spacial score (nSPS) is 17.0. The zero-order valence-corrected chi connectivity index (χ0v) is 8.99. The van der Waals surface area contributed by atoms with Crippen LogP contribution in [-0.4, -0.2) is 19.1 Å². The smallest absolute Gasteiger partial charge is 0.249 e. The summed E-state index contributed by atoms with van der Waals surface area (Å²) in [7, 11) is 0. The molecule has 4 heteroatoms. The molecule has 0 bridgehead atoms. The number of nitrogens with zero attached hydrogens (tertiary/aromatic N) is 1. The summed E-state index contributed by atoms with van der Waals surface area (Å²) in [5.41, 5.74) is 0.723. The van der Waals surface area contributed by atoms with Crippen molar-refractivity contribution in [2.75, 3.05) is 18.5 Å². The van der Waals surface area contributed by atoms with Crippen LogP contribution in [0.2, 0.25) is 0 Å². The molecule has 0 unspecified atom stereocenters. The van der Waals surface area contributed by atoms with Gasteiger partial charge in [0.15, 0.2) is 5.41 Å². The zero-order chi connectivity index (χ0) is 11.6. The van der Waals surface area contributed by atoms with Gasteiger partial charge in [0.2, 0.25) is 5.91 Å². The molecule has 1 aliphatic rings. The van der Waals surface area contributed by atoms with Crippen molar-refractivity contribution in [1.82, 2.24) is 0 Å². The van der Waals surface area contributed by atoms with Gasteiger partial charge in [-0.05, 0) is 18.6 Å². The number of carbonyl (C=O) groups is 1. The first-order chi connectivity index (χ1) is 7.68. The molecule has 4 nitrogen and oxygen atoms in total. The molecular weight excluding hydrogens is 204 g/mol. The van der Waals surface area contributed by atoms with E-state index in [4.69, 9.17) is 10.00 Å². The van der Waals surface area contributed by atoms with Gasteiger partial charge in [0.1, 0.15) is 0 Å². The number of aryl methyl sites for hydroxylation is 1. The van der Waals surface area contributed by atoms with Gasteiger partial charge in [0.25, 0.3) is 0 Å². The highest BCUT2D eigenvalue weighted by Gasteiger charge is 2.46. The van der Waals surface area contributed by atoms with Gasteiger partial charge in [-0.1, -0.05) is 18.2 Å². The van der Waals surface area contributed by atoms with Crippen molar-refractivity contribution < 1.29 is 9.53 Å². The number of benzene rings is 1. The molecule has 0 atom stereocenters. The van der Waals surface area contributed by atoms with Crippen molar-refractivity contribution in [2.45, 2.75) is 6.92 Å². The second-order valence-electron chi connectivity index (χ2n) is 3.96. The molecule has 1 amide bonds. The van der Waals surface area contributed by atoms with Crippen molar-refractivity contribution in [3.8, 4) is 6.07 Å². The molecule has 0 saturated carbocycles. The minimum Gasteiger partial charge on any atom is -0.377 e. The van der Waals surface area contributed by atoms with Gasteiger partial charge in [0.05, 0.1) is 19.3 Å². The molecule has 82 valence electrons.